The highest BCUT2D eigenvalue weighted by Gasteiger charge is 2.37. The van der Waals surface area contributed by atoms with Gasteiger partial charge in [0, 0.05) is 25.7 Å². The molecule has 7 nitrogen and oxygen atoms in total. The summed E-state index contributed by atoms with van der Waals surface area (Å²) in [5.74, 6) is -0.236. The van der Waals surface area contributed by atoms with Gasteiger partial charge in [-0.3, -0.25) is 9.48 Å². The molecular weight excluding hydrogens is 244 g/mol. The third-order valence-electron chi connectivity index (χ3n) is 2.81. The van der Waals surface area contributed by atoms with E-state index in [9.17, 15) is 13.2 Å². The van der Waals surface area contributed by atoms with Gasteiger partial charge in [-0.05, 0) is 6.92 Å². The lowest BCUT2D eigenvalue weighted by Crippen LogP contribution is -2.31. The number of nitrogens with two attached hydrogens (primary N) is 1. The lowest BCUT2D eigenvalue weighted by molar-refractivity contribution is -0.117. The second-order valence-electron chi connectivity index (χ2n) is 3.97. The van der Waals surface area contributed by atoms with Gasteiger partial charge in [0.1, 0.15) is 5.25 Å². The highest BCUT2D eigenvalue weighted by Crippen LogP contribution is 2.23. The summed E-state index contributed by atoms with van der Waals surface area (Å²) in [6, 6.07) is 0. The highest BCUT2D eigenvalue weighted by atomic mass is 32.2. The van der Waals surface area contributed by atoms with Gasteiger partial charge in [0.2, 0.25) is 15.9 Å². The molecule has 0 bridgehead atoms. The molecule has 1 aromatic heterocycles. The molecule has 1 unspecified atom stereocenters. The second kappa shape index (κ2) is 4.11. The predicted octanol–water partition coefficient (Wildman–Crippen LogP) is -0.703. The average Bonchev–Trinajstić information content (AvgIpc) is 2.82. The normalized spacial score (nSPS) is 21.2. The number of hydrogen-bond donors (Lipinski definition) is 1. The molecule has 0 aromatic carbocycles. The van der Waals surface area contributed by atoms with Crippen molar-refractivity contribution in [1.82, 2.24) is 9.78 Å². The molecule has 1 aromatic rings. The van der Waals surface area contributed by atoms with Gasteiger partial charge in [-0.1, -0.05) is 0 Å². The molecular formula is C9H14N4O3S. The minimum absolute atomic E-state index is 0.0594. The Kier molecular flexibility index (Phi) is 2.92. The van der Waals surface area contributed by atoms with E-state index in [1.807, 2.05) is 6.92 Å². The van der Waals surface area contributed by atoms with Crippen LogP contribution in [0.1, 0.15) is 13.3 Å². The van der Waals surface area contributed by atoms with Crippen molar-refractivity contribution in [3.63, 3.8) is 0 Å². The van der Waals surface area contributed by atoms with Crippen molar-refractivity contribution < 1.29 is 13.2 Å². The van der Waals surface area contributed by atoms with Gasteiger partial charge in [-0.15, -0.1) is 0 Å². The Balaban J connectivity index is 2.21. The maximum Gasteiger partial charge on any atom is 0.228 e. The molecule has 2 heterocycles. The fourth-order valence-electron chi connectivity index (χ4n) is 1.81. The van der Waals surface area contributed by atoms with Gasteiger partial charge in [0.25, 0.3) is 0 Å². The maximum absolute atomic E-state index is 11.7. The SMILES string of the molecule is CCn1cc(N2CC(S(N)(=O)=O)CC2=O)cn1. The lowest BCUT2D eigenvalue weighted by Gasteiger charge is -2.13. The van der Waals surface area contributed by atoms with E-state index in [1.165, 1.54) is 4.90 Å². The van der Waals surface area contributed by atoms with Crippen LogP contribution in [-0.4, -0.2) is 35.9 Å². The number of anilines is 1. The Morgan fingerprint density at radius 1 is 1.59 bits per heavy atom. The summed E-state index contributed by atoms with van der Waals surface area (Å²) in [7, 11) is -3.66. The third kappa shape index (κ3) is 2.32. The molecule has 1 aliphatic heterocycles. The molecule has 94 valence electrons. The fraction of sp³-hybridized carbons (Fsp3) is 0.556. The van der Waals surface area contributed by atoms with E-state index in [2.05, 4.69) is 5.10 Å². The van der Waals surface area contributed by atoms with Crippen molar-refractivity contribution in [1.29, 1.82) is 0 Å². The summed E-state index contributed by atoms with van der Waals surface area (Å²) >= 11 is 0. The number of aromatic nitrogens is 2. The zero-order chi connectivity index (χ0) is 12.6. The molecule has 1 atom stereocenters. The van der Waals surface area contributed by atoms with E-state index in [4.69, 9.17) is 5.14 Å². The standard InChI is InChI=1S/C9H14N4O3S/c1-2-12-5-7(4-11-12)13-6-8(3-9(13)14)17(10,15)16/h4-5,8H,2-3,6H2,1H3,(H2,10,15,16). The molecule has 2 N–H and O–H groups in total. The van der Waals surface area contributed by atoms with Crippen LogP contribution in [0.2, 0.25) is 0 Å². The van der Waals surface area contributed by atoms with Crippen LogP contribution in [0.25, 0.3) is 0 Å². The molecule has 1 fully saturated rings. The first-order valence-corrected chi connectivity index (χ1v) is 6.87. The van der Waals surface area contributed by atoms with Gasteiger partial charge in [-0.25, -0.2) is 13.6 Å². The summed E-state index contributed by atoms with van der Waals surface area (Å²) < 4.78 is 24.1. The molecule has 1 amide bonds. The van der Waals surface area contributed by atoms with E-state index < -0.39 is 15.3 Å². The number of primary sulfonamides is 1. The van der Waals surface area contributed by atoms with Crippen LogP contribution in [0.4, 0.5) is 5.69 Å². The molecule has 1 aliphatic rings. The molecule has 0 saturated carbocycles. The number of nitrogens with zero attached hydrogens (tertiary/aromatic N) is 3. The van der Waals surface area contributed by atoms with E-state index in [0.29, 0.717) is 12.2 Å². The van der Waals surface area contributed by atoms with Gasteiger partial charge in [-0.2, -0.15) is 5.10 Å². The summed E-state index contributed by atoms with van der Waals surface area (Å²) in [5.41, 5.74) is 0.614. The number of amides is 1. The average molecular weight is 258 g/mol. The molecule has 0 aliphatic carbocycles. The number of hydrogen-bond acceptors (Lipinski definition) is 4. The third-order valence-corrected chi connectivity index (χ3v) is 4.05. The van der Waals surface area contributed by atoms with Crippen molar-refractivity contribution >= 4 is 21.6 Å². The largest absolute Gasteiger partial charge is 0.308 e. The van der Waals surface area contributed by atoms with Gasteiger partial charge >= 0.3 is 0 Å². The monoisotopic (exact) mass is 258 g/mol. The van der Waals surface area contributed by atoms with Crippen LogP contribution in [0.5, 0.6) is 0 Å². The van der Waals surface area contributed by atoms with E-state index in [-0.39, 0.29) is 18.9 Å². The van der Waals surface area contributed by atoms with E-state index in [0.717, 1.165) is 0 Å². The Morgan fingerprint density at radius 3 is 2.76 bits per heavy atom. The minimum Gasteiger partial charge on any atom is -0.308 e. The molecule has 1 saturated heterocycles. The molecule has 8 heteroatoms. The van der Waals surface area contributed by atoms with Crippen molar-refractivity contribution in [2.24, 2.45) is 5.14 Å². The predicted molar refractivity (Wildman–Crippen MR) is 61.8 cm³/mol. The number of carbonyl (C=O) groups is 1. The van der Waals surface area contributed by atoms with Crippen molar-refractivity contribution in [2.45, 2.75) is 25.1 Å². The number of aryl methyl sites for hydroxylation is 1. The molecule has 0 spiro atoms. The Bertz CT molecular complexity index is 536. The highest BCUT2D eigenvalue weighted by molar-refractivity contribution is 7.89. The van der Waals surface area contributed by atoms with Gasteiger partial charge in [0.15, 0.2) is 0 Å². The van der Waals surface area contributed by atoms with Crippen LogP contribution in [0, 0.1) is 0 Å². The molecule has 17 heavy (non-hydrogen) atoms. The summed E-state index contributed by atoms with van der Waals surface area (Å²) in [4.78, 5) is 13.1. The second-order valence-corrected chi connectivity index (χ2v) is 5.82. The lowest BCUT2D eigenvalue weighted by atomic mass is 10.4. The Morgan fingerprint density at radius 2 is 2.29 bits per heavy atom. The number of rotatable bonds is 3. The zero-order valence-corrected chi connectivity index (χ0v) is 10.2. The van der Waals surface area contributed by atoms with E-state index in [1.54, 1.807) is 17.1 Å². The summed E-state index contributed by atoms with van der Waals surface area (Å²) in [6.07, 6.45) is 3.20. The molecule has 0 radical (unpaired) electrons. The van der Waals surface area contributed by atoms with Crippen LogP contribution >= 0.6 is 0 Å². The summed E-state index contributed by atoms with van der Waals surface area (Å²) in [6.45, 7) is 2.73. The minimum atomic E-state index is -3.66. The fourth-order valence-corrected chi connectivity index (χ4v) is 2.54. The van der Waals surface area contributed by atoms with Crippen LogP contribution in [-0.2, 0) is 21.4 Å². The van der Waals surface area contributed by atoms with Crippen LogP contribution in [0.3, 0.4) is 0 Å². The maximum atomic E-state index is 11.7. The van der Waals surface area contributed by atoms with Gasteiger partial charge in [0.05, 0.1) is 11.9 Å². The van der Waals surface area contributed by atoms with Crippen molar-refractivity contribution in [3.8, 4) is 0 Å². The van der Waals surface area contributed by atoms with E-state index >= 15 is 0 Å². The summed E-state index contributed by atoms with van der Waals surface area (Å²) in [5, 5.41) is 8.27. The first kappa shape index (κ1) is 12.1. The first-order chi connectivity index (χ1) is 7.91. The van der Waals surface area contributed by atoms with Crippen LogP contribution < -0.4 is 10.0 Å². The number of carbonyl (C=O) groups excluding carboxylic acids is 1. The zero-order valence-electron chi connectivity index (χ0n) is 9.41. The van der Waals surface area contributed by atoms with Crippen molar-refractivity contribution in [3.05, 3.63) is 12.4 Å². The first-order valence-electron chi connectivity index (χ1n) is 5.26. The quantitative estimate of drug-likeness (QED) is 0.774. The topological polar surface area (TPSA) is 98.3 Å². The molecule has 2 rings (SSSR count). The Labute approximate surface area is 99.2 Å². The Hall–Kier alpha value is -1.41. The van der Waals surface area contributed by atoms with Gasteiger partial charge < -0.3 is 4.90 Å². The van der Waals surface area contributed by atoms with Crippen LogP contribution in [0.15, 0.2) is 12.4 Å². The number of sulfonamides is 1. The van der Waals surface area contributed by atoms with Crippen molar-refractivity contribution in [2.75, 3.05) is 11.4 Å². The smallest absolute Gasteiger partial charge is 0.228 e.